The third-order valence-electron chi connectivity index (χ3n) is 5.13. The van der Waals surface area contributed by atoms with Crippen molar-refractivity contribution < 1.29 is 4.79 Å². The summed E-state index contributed by atoms with van der Waals surface area (Å²) in [7, 11) is 0. The molecule has 3 aromatic carbocycles. The van der Waals surface area contributed by atoms with E-state index in [1.807, 2.05) is 24.3 Å². The van der Waals surface area contributed by atoms with Crippen LogP contribution in [-0.2, 0) is 6.42 Å². The summed E-state index contributed by atoms with van der Waals surface area (Å²) < 4.78 is 0. The van der Waals surface area contributed by atoms with Crippen LogP contribution in [0.1, 0.15) is 54.4 Å². The summed E-state index contributed by atoms with van der Waals surface area (Å²) in [6.45, 7) is 0.996. The highest BCUT2D eigenvalue weighted by atomic mass is 16.1. The second-order valence-corrected chi connectivity index (χ2v) is 7.18. The number of anilines is 1. The van der Waals surface area contributed by atoms with Crippen molar-refractivity contribution in [3.05, 3.63) is 77.9 Å². The Morgan fingerprint density at radius 3 is 2.22 bits per heavy atom. The summed E-state index contributed by atoms with van der Waals surface area (Å²) in [5.41, 5.74) is 3.30. The number of nitrogens with one attached hydrogen (secondary N) is 1. The molecule has 0 radical (unpaired) electrons. The largest absolute Gasteiger partial charge is 0.385 e. The molecule has 0 saturated carbocycles. The molecule has 0 fully saturated rings. The molecule has 3 aromatic rings. The van der Waals surface area contributed by atoms with E-state index in [0.29, 0.717) is 0 Å². The van der Waals surface area contributed by atoms with E-state index in [1.165, 1.54) is 61.3 Å². The van der Waals surface area contributed by atoms with Gasteiger partial charge in [-0.05, 0) is 59.9 Å². The number of rotatable bonds is 11. The van der Waals surface area contributed by atoms with E-state index < -0.39 is 0 Å². The van der Waals surface area contributed by atoms with Crippen LogP contribution < -0.4 is 5.32 Å². The molecule has 0 aliphatic heterocycles. The molecule has 0 saturated heterocycles. The molecule has 0 bridgehead atoms. The zero-order valence-corrected chi connectivity index (χ0v) is 16.0. The van der Waals surface area contributed by atoms with Gasteiger partial charge in [0, 0.05) is 17.8 Å². The fourth-order valence-electron chi connectivity index (χ4n) is 3.57. The summed E-state index contributed by atoms with van der Waals surface area (Å²) >= 11 is 0. The van der Waals surface area contributed by atoms with E-state index in [-0.39, 0.29) is 0 Å². The van der Waals surface area contributed by atoms with Crippen molar-refractivity contribution in [3.8, 4) is 0 Å². The van der Waals surface area contributed by atoms with E-state index in [9.17, 15) is 4.79 Å². The number of hydrogen-bond donors (Lipinski definition) is 1. The van der Waals surface area contributed by atoms with Crippen molar-refractivity contribution >= 4 is 22.7 Å². The molecular formula is C25H29NO. The Morgan fingerprint density at radius 1 is 0.704 bits per heavy atom. The highest BCUT2D eigenvalue weighted by Crippen LogP contribution is 2.20. The Kier molecular flexibility index (Phi) is 7.46. The van der Waals surface area contributed by atoms with Gasteiger partial charge in [0.05, 0.1) is 0 Å². The Labute approximate surface area is 162 Å². The highest BCUT2D eigenvalue weighted by Gasteiger charge is 2.00. The topological polar surface area (TPSA) is 29.1 Å². The number of carbonyl (C=O) groups is 1. The summed E-state index contributed by atoms with van der Waals surface area (Å²) in [4.78, 5) is 10.6. The van der Waals surface area contributed by atoms with Crippen molar-refractivity contribution in [3.63, 3.8) is 0 Å². The zero-order valence-electron chi connectivity index (χ0n) is 16.0. The van der Waals surface area contributed by atoms with E-state index in [4.69, 9.17) is 0 Å². The maximum Gasteiger partial charge on any atom is 0.150 e. The molecule has 2 heteroatoms. The van der Waals surface area contributed by atoms with Gasteiger partial charge in [-0.25, -0.2) is 0 Å². The second kappa shape index (κ2) is 10.5. The van der Waals surface area contributed by atoms with Gasteiger partial charge in [-0.1, -0.05) is 68.1 Å². The normalized spacial score (nSPS) is 10.8. The molecule has 0 atom stereocenters. The number of hydrogen-bond acceptors (Lipinski definition) is 2. The number of benzene rings is 3. The molecule has 140 valence electrons. The molecule has 0 unspecified atom stereocenters. The van der Waals surface area contributed by atoms with Crippen molar-refractivity contribution in [2.75, 3.05) is 11.9 Å². The predicted octanol–water partition coefficient (Wildman–Crippen LogP) is 6.65. The lowest BCUT2D eigenvalue weighted by Gasteiger charge is -2.07. The monoisotopic (exact) mass is 359 g/mol. The minimum absolute atomic E-state index is 0.726. The van der Waals surface area contributed by atoms with Gasteiger partial charge in [0.2, 0.25) is 0 Å². The molecule has 0 aromatic heterocycles. The fraction of sp³-hybridized carbons (Fsp3) is 0.320. The first-order valence-corrected chi connectivity index (χ1v) is 10.1. The zero-order chi connectivity index (χ0) is 18.7. The minimum Gasteiger partial charge on any atom is -0.385 e. The van der Waals surface area contributed by atoms with Crippen LogP contribution in [-0.4, -0.2) is 12.8 Å². The summed E-state index contributed by atoms with van der Waals surface area (Å²) in [5.74, 6) is 0. The lowest BCUT2D eigenvalue weighted by Crippen LogP contribution is -2.01. The highest BCUT2D eigenvalue weighted by molar-refractivity contribution is 5.85. The molecule has 0 amide bonds. The summed E-state index contributed by atoms with van der Waals surface area (Å²) in [6, 6.07) is 23.0. The second-order valence-electron chi connectivity index (χ2n) is 7.18. The minimum atomic E-state index is 0.726. The van der Waals surface area contributed by atoms with Crippen molar-refractivity contribution in [1.29, 1.82) is 0 Å². The van der Waals surface area contributed by atoms with Gasteiger partial charge >= 0.3 is 0 Å². The first-order chi connectivity index (χ1) is 13.4. The van der Waals surface area contributed by atoms with Gasteiger partial charge in [-0.3, -0.25) is 4.79 Å². The van der Waals surface area contributed by atoms with Crippen LogP contribution in [0.2, 0.25) is 0 Å². The molecular weight excluding hydrogens is 330 g/mol. The van der Waals surface area contributed by atoms with Gasteiger partial charge < -0.3 is 5.32 Å². The molecule has 1 N–H and O–H groups in total. The molecule has 3 rings (SSSR count). The van der Waals surface area contributed by atoms with Crippen LogP contribution in [0.3, 0.4) is 0 Å². The van der Waals surface area contributed by atoms with Crippen LogP contribution in [0, 0.1) is 0 Å². The lowest BCUT2D eigenvalue weighted by molar-refractivity contribution is 0.112. The number of aryl methyl sites for hydroxylation is 1. The van der Waals surface area contributed by atoms with E-state index >= 15 is 0 Å². The van der Waals surface area contributed by atoms with Gasteiger partial charge in [0.15, 0.2) is 0 Å². The Bertz CT molecular complexity index is 833. The van der Waals surface area contributed by atoms with Crippen LogP contribution in [0.25, 0.3) is 10.8 Å². The lowest BCUT2D eigenvalue weighted by atomic mass is 9.99. The van der Waals surface area contributed by atoms with Crippen molar-refractivity contribution in [1.82, 2.24) is 0 Å². The van der Waals surface area contributed by atoms with E-state index in [1.54, 1.807) is 0 Å². The first-order valence-electron chi connectivity index (χ1n) is 10.1. The average Bonchev–Trinajstić information content (AvgIpc) is 2.73. The standard InChI is InChI=1S/C25H29NO/c27-20-21-15-17-24(18-16-21)26-19-8-4-2-1-3-5-10-22-12-9-13-23-11-6-7-14-25(22)23/h6-7,9,11-18,20,26H,1-5,8,10,19H2. The maximum atomic E-state index is 10.6. The molecule has 0 aliphatic rings. The smallest absolute Gasteiger partial charge is 0.150 e. The summed E-state index contributed by atoms with van der Waals surface area (Å²) in [5, 5.41) is 6.18. The maximum absolute atomic E-state index is 10.6. The van der Waals surface area contributed by atoms with Crippen LogP contribution in [0.5, 0.6) is 0 Å². The molecule has 27 heavy (non-hydrogen) atoms. The van der Waals surface area contributed by atoms with Crippen molar-refractivity contribution in [2.45, 2.75) is 44.9 Å². The number of fused-ring (bicyclic) bond motifs is 1. The first kappa shape index (κ1) is 19.2. The van der Waals surface area contributed by atoms with Gasteiger partial charge in [-0.2, -0.15) is 0 Å². The molecule has 2 nitrogen and oxygen atoms in total. The predicted molar refractivity (Wildman–Crippen MR) is 116 cm³/mol. The summed E-state index contributed by atoms with van der Waals surface area (Å²) in [6.07, 6.45) is 9.73. The van der Waals surface area contributed by atoms with Crippen LogP contribution in [0.15, 0.2) is 66.7 Å². The van der Waals surface area contributed by atoms with Crippen LogP contribution in [0.4, 0.5) is 5.69 Å². The number of carbonyl (C=O) groups excluding carboxylic acids is 1. The third kappa shape index (κ3) is 5.96. The van der Waals surface area contributed by atoms with E-state index in [2.05, 4.69) is 47.8 Å². The van der Waals surface area contributed by atoms with Gasteiger partial charge in [0.1, 0.15) is 6.29 Å². The molecule has 0 heterocycles. The average molecular weight is 360 g/mol. The Morgan fingerprint density at radius 2 is 1.41 bits per heavy atom. The van der Waals surface area contributed by atoms with Gasteiger partial charge in [0.25, 0.3) is 0 Å². The van der Waals surface area contributed by atoms with Crippen LogP contribution >= 0.6 is 0 Å². The fourth-order valence-corrected chi connectivity index (χ4v) is 3.57. The quantitative estimate of drug-likeness (QED) is 0.307. The number of unbranched alkanes of at least 4 members (excludes halogenated alkanes) is 5. The van der Waals surface area contributed by atoms with E-state index in [0.717, 1.165) is 24.1 Å². The van der Waals surface area contributed by atoms with Crippen molar-refractivity contribution in [2.24, 2.45) is 0 Å². The number of aldehydes is 1. The van der Waals surface area contributed by atoms with Gasteiger partial charge in [-0.15, -0.1) is 0 Å². The molecule has 0 spiro atoms. The SMILES string of the molecule is O=Cc1ccc(NCCCCCCCCc2cccc3ccccc23)cc1. The Hall–Kier alpha value is -2.61. The molecule has 0 aliphatic carbocycles. The third-order valence-corrected chi connectivity index (χ3v) is 5.13. The Balaban J connectivity index is 1.26.